The van der Waals surface area contributed by atoms with Crippen LogP contribution in [-0.2, 0) is 0 Å². The predicted molar refractivity (Wildman–Crippen MR) is 109 cm³/mol. The molecule has 0 saturated carbocycles. The Morgan fingerprint density at radius 3 is 1.32 bits per heavy atom. The summed E-state index contributed by atoms with van der Waals surface area (Å²) in [6.45, 7) is 6.90. The van der Waals surface area contributed by atoms with Gasteiger partial charge in [0.05, 0.1) is 0 Å². The molecule has 0 aliphatic heterocycles. The summed E-state index contributed by atoms with van der Waals surface area (Å²) in [6.07, 6.45) is 21.3. The van der Waals surface area contributed by atoms with Crippen LogP contribution in [0.2, 0.25) is 5.04 Å². The minimum Gasteiger partial charge on any atom is -0.123 e. The Kier molecular flexibility index (Phi) is 15.4. The molecule has 0 aromatic carbocycles. The quantitative estimate of drug-likeness (QED) is 0.160. The van der Waals surface area contributed by atoms with E-state index in [0.717, 1.165) is 0 Å². The molecular weight excluding hydrogens is 304 g/mol. The maximum atomic E-state index is 6.44. The molecule has 0 aromatic heterocycles. The van der Waals surface area contributed by atoms with Crippen molar-refractivity contribution < 1.29 is 0 Å². The fourth-order valence-electron chi connectivity index (χ4n) is 2.95. The summed E-state index contributed by atoms with van der Waals surface area (Å²) in [5, 5.41) is 0.800. The van der Waals surface area contributed by atoms with Gasteiger partial charge in [0, 0.05) is 15.6 Å². The first kappa shape index (κ1) is 22.5. The Balaban J connectivity index is 3.12. The Hall–Kier alpha value is 0.507. The summed E-state index contributed by atoms with van der Waals surface area (Å²) in [5.74, 6) is 0. The molecule has 0 fully saturated rings. The summed E-state index contributed by atoms with van der Waals surface area (Å²) >= 11 is 6.44. The number of hydrogen-bond acceptors (Lipinski definition) is 0. The molecule has 0 spiro atoms. The van der Waals surface area contributed by atoms with Crippen LogP contribution >= 0.6 is 11.6 Å². The number of alkyl halides is 1. The first-order valence-corrected chi connectivity index (χ1v) is 11.6. The van der Waals surface area contributed by atoms with Crippen molar-refractivity contribution >= 4 is 21.8 Å². The van der Waals surface area contributed by atoms with Crippen molar-refractivity contribution in [2.24, 2.45) is 0 Å². The third kappa shape index (κ3) is 15.4. The molecule has 1 unspecified atom stereocenters. The molecule has 0 aliphatic carbocycles. The largest absolute Gasteiger partial charge is 0.123 e. The van der Waals surface area contributed by atoms with Crippen molar-refractivity contribution in [3.8, 4) is 0 Å². The highest BCUT2D eigenvalue weighted by Gasteiger charge is 2.21. The van der Waals surface area contributed by atoms with E-state index in [2.05, 4.69) is 20.8 Å². The van der Waals surface area contributed by atoms with Crippen LogP contribution in [0.4, 0.5) is 0 Å². The first-order chi connectivity index (χ1) is 10.5. The van der Waals surface area contributed by atoms with Gasteiger partial charge in [0.15, 0.2) is 0 Å². The Labute approximate surface area is 149 Å². The van der Waals surface area contributed by atoms with Crippen molar-refractivity contribution in [1.82, 2.24) is 0 Å². The molecule has 0 saturated heterocycles. The van der Waals surface area contributed by atoms with E-state index in [1.165, 1.54) is 107 Å². The van der Waals surface area contributed by atoms with Crippen molar-refractivity contribution in [3.05, 3.63) is 0 Å². The van der Waals surface area contributed by atoms with Gasteiger partial charge in [-0.05, 0) is 11.5 Å². The minimum atomic E-state index is 0.400. The normalized spacial score (nSPS) is 13.6. The molecule has 22 heavy (non-hydrogen) atoms. The standard InChI is InChI=1S/C20H43ClSi/c1-4-5-6-7-8-9-10-11-12-13-14-15-16-17-18-19(21)20(2,3)22/h19H,4-18H2,1-3,22H3. The monoisotopic (exact) mass is 346 g/mol. The summed E-state index contributed by atoms with van der Waals surface area (Å²) in [6, 6.07) is 0. The first-order valence-electron chi connectivity index (χ1n) is 10.1. The van der Waals surface area contributed by atoms with Gasteiger partial charge in [-0.25, -0.2) is 0 Å². The highest BCUT2D eigenvalue weighted by Crippen LogP contribution is 2.32. The molecule has 0 aliphatic rings. The van der Waals surface area contributed by atoms with Gasteiger partial charge < -0.3 is 0 Å². The highest BCUT2D eigenvalue weighted by atomic mass is 35.5. The van der Waals surface area contributed by atoms with Crippen LogP contribution in [-0.4, -0.2) is 15.6 Å². The van der Waals surface area contributed by atoms with Gasteiger partial charge in [0.1, 0.15) is 0 Å². The zero-order chi connectivity index (χ0) is 16.7. The van der Waals surface area contributed by atoms with E-state index in [1.54, 1.807) is 0 Å². The van der Waals surface area contributed by atoms with E-state index < -0.39 is 0 Å². The average Bonchev–Trinajstić information content (AvgIpc) is 2.46. The molecule has 0 N–H and O–H groups in total. The van der Waals surface area contributed by atoms with E-state index >= 15 is 0 Å². The average molecular weight is 347 g/mol. The van der Waals surface area contributed by atoms with Crippen molar-refractivity contribution in [1.29, 1.82) is 0 Å². The van der Waals surface area contributed by atoms with Crippen LogP contribution in [0.3, 0.4) is 0 Å². The van der Waals surface area contributed by atoms with Crippen molar-refractivity contribution in [3.63, 3.8) is 0 Å². The van der Waals surface area contributed by atoms with Gasteiger partial charge in [-0.15, -0.1) is 11.6 Å². The molecule has 0 bridgehead atoms. The molecular formula is C20H43ClSi. The van der Waals surface area contributed by atoms with Crippen LogP contribution < -0.4 is 0 Å². The number of unbranched alkanes of at least 4 members (excludes halogenated alkanes) is 13. The SMILES string of the molecule is CCCCCCCCCCCCCCCCC(Cl)C(C)(C)[SiH3]. The third-order valence-electron chi connectivity index (χ3n) is 4.75. The second-order valence-electron chi connectivity index (χ2n) is 8.22. The fraction of sp³-hybridized carbons (Fsp3) is 1.00. The zero-order valence-corrected chi connectivity index (χ0v) is 18.8. The topological polar surface area (TPSA) is 0 Å². The van der Waals surface area contributed by atoms with E-state index in [4.69, 9.17) is 11.6 Å². The minimum absolute atomic E-state index is 0.400. The smallest absolute Gasteiger partial charge is 0.0354 e. The second-order valence-corrected chi connectivity index (χ2v) is 11.3. The van der Waals surface area contributed by atoms with Gasteiger partial charge in [-0.3, -0.25) is 0 Å². The van der Waals surface area contributed by atoms with Crippen LogP contribution in [0.25, 0.3) is 0 Å². The van der Waals surface area contributed by atoms with Gasteiger partial charge in [-0.2, -0.15) is 0 Å². The van der Waals surface area contributed by atoms with Gasteiger partial charge in [0.25, 0.3) is 0 Å². The Morgan fingerprint density at radius 1 is 0.682 bits per heavy atom. The number of halogens is 1. The lowest BCUT2D eigenvalue weighted by Gasteiger charge is -2.24. The lowest BCUT2D eigenvalue weighted by molar-refractivity contribution is 0.515. The fourth-order valence-corrected chi connectivity index (χ4v) is 3.39. The van der Waals surface area contributed by atoms with Gasteiger partial charge >= 0.3 is 0 Å². The molecule has 134 valence electrons. The summed E-state index contributed by atoms with van der Waals surface area (Å²) in [5.41, 5.74) is 0. The van der Waals surface area contributed by atoms with Crippen LogP contribution in [0, 0.1) is 0 Å². The second kappa shape index (κ2) is 15.1. The number of rotatable bonds is 16. The van der Waals surface area contributed by atoms with Gasteiger partial charge in [0.2, 0.25) is 0 Å². The summed E-state index contributed by atoms with van der Waals surface area (Å²) in [4.78, 5) is 0. The van der Waals surface area contributed by atoms with Crippen LogP contribution in [0.5, 0.6) is 0 Å². The van der Waals surface area contributed by atoms with Gasteiger partial charge in [-0.1, -0.05) is 111 Å². The van der Waals surface area contributed by atoms with Crippen LogP contribution in [0.15, 0.2) is 0 Å². The van der Waals surface area contributed by atoms with Crippen molar-refractivity contribution in [2.45, 2.75) is 127 Å². The molecule has 0 rings (SSSR count). The zero-order valence-electron chi connectivity index (χ0n) is 16.1. The molecule has 0 nitrogen and oxygen atoms in total. The maximum absolute atomic E-state index is 6.44. The molecule has 0 radical (unpaired) electrons. The molecule has 2 heteroatoms. The molecule has 0 aromatic rings. The van der Waals surface area contributed by atoms with Crippen LogP contribution in [0.1, 0.15) is 117 Å². The highest BCUT2D eigenvalue weighted by molar-refractivity contribution is 6.28. The Morgan fingerprint density at radius 2 is 1.00 bits per heavy atom. The molecule has 0 heterocycles. The summed E-state index contributed by atoms with van der Waals surface area (Å²) in [7, 11) is 1.20. The summed E-state index contributed by atoms with van der Waals surface area (Å²) < 4.78 is 0. The van der Waals surface area contributed by atoms with E-state index in [-0.39, 0.29) is 0 Å². The third-order valence-corrected chi connectivity index (χ3v) is 6.69. The Bertz CT molecular complexity index is 222. The lowest BCUT2D eigenvalue weighted by atomic mass is 10.0. The van der Waals surface area contributed by atoms with E-state index in [0.29, 0.717) is 10.4 Å². The maximum Gasteiger partial charge on any atom is 0.0354 e. The number of hydrogen-bond donors (Lipinski definition) is 0. The lowest BCUT2D eigenvalue weighted by Crippen LogP contribution is -2.17. The van der Waals surface area contributed by atoms with Crippen molar-refractivity contribution in [2.75, 3.05) is 0 Å². The molecule has 0 amide bonds. The molecule has 1 atom stereocenters. The van der Waals surface area contributed by atoms with E-state index in [9.17, 15) is 0 Å². The predicted octanol–water partition coefficient (Wildman–Crippen LogP) is 7.03. The van der Waals surface area contributed by atoms with E-state index in [1.807, 2.05) is 0 Å².